The number of nitrogen functional groups attached to an aromatic ring is 1. The summed E-state index contributed by atoms with van der Waals surface area (Å²) in [5.41, 5.74) is 10.2. The van der Waals surface area contributed by atoms with Gasteiger partial charge in [0, 0.05) is 18.3 Å². The summed E-state index contributed by atoms with van der Waals surface area (Å²) in [4.78, 5) is 4.05. The predicted molar refractivity (Wildman–Crippen MR) is 80.7 cm³/mol. The summed E-state index contributed by atoms with van der Waals surface area (Å²) in [6.45, 7) is 0. The molecular formula is C17H15N3O. The Labute approximate surface area is 122 Å². The molecule has 2 unspecified atom stereocenters. The third kappa shape index (κ3) is 2.09. The summed E-state index contributed by atoms with van der Waals surface area (Å²) in [7, 11) is 0. The number of anilines is 1. The molecule has 0 radical (unpaired) electrons. The molecule has 1 aromatic carbocycles. The third-order valence-electron chi connectivity index (χ3n) is 4.08. The van der Waals surface area contributed by atoms with E-state index in [0.29, 0.717) is 17.7 Å². The highest BCUT2D eigenvalue weighted by molar-refractivity contribution is 5.76. The lowest BCUT2D eigenvalue weighted by Crippen LogP contribution is -1.91. The Balaban J connectivity index is 1.69. The van der Waals surface area contributed by atoms with E-state index >= 15 is 0 Å². The van der Waals surface area contributed by atoms with E-state index in [2.05, 4.69) is 34.4 Å². The summed E-state index contributed by atoms with van der Waals surface area (Å²) in [5, 5.41) is 4.21. The lowest BCUT2D eigenvalue weighted by molar-refractivity contribution is 0.427. The van der Waals surface area contributed by atoms with Crippen LogP contribution in [0.3, 0.4) is 0 Å². The summed E-state index contributed by atoms with van der Waals surface area (Å²) < 4.78 is 5.24. The van der Waals surface area contributed by atoms with Crippen molar-refractivity contribution in [3.8, 4) is 11.1 Å². The van der Waals surface area contributed by atoms with Crippen molar-refractivity contribution in [1.29, 1.82) is 0 Å². The standard InChI is InChI=1S/C17H15N3O/c18-17-15(12-6-8-19-9-7-12)16(20-21-17)14-10-13(14)11-4-2-1-3-5-11/h1-9,13-14H,10,18H2. The van der Waals surface area contributed by atoms with Gasteiger partial charge in [-0.1, -0.05) is 35.5 Å². The molecule has 3 aromatic rings. The molecule has 1 saturated carbocycles. The fraction of sp³-hybridized carbons (Fsp3) is 0.176. The van der Waals surface area contributed by atoms with Crippen LogP contribution in [-0.2, 0) is 0 Å². The van der Waals surface area contributed by atoms with Crippen molar-refractivity contribution in [2.75, 3.05) is 5.73 Å². The van der Waals surface area contributed by atoms with Gasteiger partial charge >= 0.3 is 0 Å². The van der Waals surface area contributed by atoms with Gasteiger partial charge in [0.05, 0.1) is 11.3 Å². The van der Waals surface area contributed by atoms with Crippen LogP contribution in [0, 0.1) is 0 Å². The average Bonchev–Trinajstić information content (AvgIpc) is 3.25. The maximum absolute atomic E-state index is 5.97. The first-order chi connectivity index (χ1) is 10.3. The van der Waals surface area contributed by atoms with Crippen LogP contribution in [0.5, 0.6) is 0 Å². The molecule has 2 N–H and O–H groups in total. The molecule has 1 fully saturated rings. The Morgan fingerprint density at radius 3 is 2.52 bits per heavy atom. The number of nitrogens with two attached hydrogens (primary N) is 1. The van der Waals surface area contributed by atoms with Crippen LogP contribution in [0.1, 0.15) is 29.5 Å². The summed E-state index contributed by atoms with van der Waals surface area (Å²) in [6.07, 6.45) is 4.61. The highest BCUT2D eigenvalue weighted by Gasteiger charge is 2.43. The number of rotatable bonds is 3. The third-order valence-corrected chi connectivity index (χ3v) is 4.08. The zero-order valence-corrected chi connectivity index (χ0v) is 11.4. The van der Waals surface area contributed by atoms with Gasteiger partial charge in [0.25, 0.3) is 0 Å². The molecule has 2 atom stereocenters. The second-order valence-electron chi connectivity index (χ2n) is 5.40. The van der Waals surface area contributed by atoms with Crippen molar-refractivity contribution in [3.05, 3.63) is 66.1 Å². The molecule has 4 rings (SSSR count). The van der Waals surface area contributed by atoms with E-state index in [-0.39, 0.29) is 0 Å². The van der Waals surface area contributed by atoms with Crippen molar-refractivity contribution < 1.29 is 4.52 Å². The Morgan fingerprint density at radius 2 is 1.76 bits per heavy atom. The first-order valence-corrected chi connectivity index (χ1v) is 7.05. The van der Waals surface area contributed by atoms with Crippen LogP contribution in [0.4, 0.5) is 5.88 Å². The maximum Gasteiger partial charge on any atom is 0.230 e. The van der Waals surface area contributed by atoms with Crippen molar-refractivity contribution in [2.45, 2.75) is 18.3 Å². The minimum Gasteiger partial charge on any atom is -0.367 e. The Hall–Kier alpha value is -2.62. The molecule has 0 saturated heterocycles. The molecule has 4 nitrogen and oxygen atoms in total. The van der Waals surface area contributed by atoms with Crippen LogP contribution in [0.25, 0.3) is 11.1 Å². The largest absolute Gasteiger partial charge is 0.367 e. The van der Waals surface area contributed by atoms with Crippen LogP contribution in [0.15, 0.2) is 59.4 Å². The first kappa shape index (κ1) is 12.1. The van der Waals surface area contributed by atoms with E-state index in [1.807, 2.05) is 18.2 Å². The highest BCUT2D eigenvalue weighted by atomic mass is 16.5. The molecule has 0 bridgehead atoms. The lowest BCUT2D eigenvalue weighted by atomic mass is 10.0. The molecule has 1 aliphatic rings. The molecule has 1 aliphatic carbocycles. The fourth-order valence-corrected chi connectivity index (χ4v) is 2.94. The first-order valence-electron chi connectivity index (χ1n) is 7.05. The quantitative estimate of drug-likeness (QED) is 0.794. The maximum atomic E-state index is 5.97. The average molecular weight is 277 g/mol. The SMILES string of the molecule is Nc1onc(C2CC2c2ccccc2)c1-c1ccncc1. The monoisotopic (exact) mass is 277 g/mol. The molecule has 0 amide bonds. The van der Waals surface area contributed by atoms with Crippen molar-refractivity contribution >= 4 is 5.88 Å². The minimum atomic E-state index is 0.384. The summed E-state index contributed by atoms with van der Waals surface area (Å²) >= 11 is 0. The molecule has 0 aliphatic heterocycles. The number of hydrogen-bond acceptors (Lipinski definition) is 4. The second kappa shape index (κ2) is 4.74. The number of pyridine rings is 1. The van der Waals surface area contributed by atoms with Gasteiger partial charge in [0.1, 0.15) is 0 Å². The summed E-state index contributed by atoms with van der Waals surface area (Å²) in [5.74, 6) is 1.28. The van der Waals surface area contributed by atoms with Crippen molar-refractivity contribution in [2.24, 2.45) is 0 Å². The van der Waals surface area contributed by atoms with Gasteiger partial charge in [0.2, 0.25) is 5.88 Å². The van der Waals surface area contributed by atoms with E-state index in [1.165, 1.54) is 5.56 Å². The van der Waals surface area contributed by atoms with E-state index in [9.17, 15) is 0 Å². The molecule has 104 valence electrons. The molecule has 21 heavy (non-hydrogen) atoms. The van der Waals surface area contributed by atoms with Gasteiger partial charge in [-0.05, 0) is 35.6 Å². The Kier molecular flexibility index (Phi) is 2.74. The van der Waals surface area contributed by atoms with Gasteiger partial charge in [-0.25, -0.2) is 0 Å². The predicted octanol–water partition coefficient (Wildman–Crippen LogP) is 3.59. The smallest absolute Gasteiger partial charge is 0.230 e. The van der Waals surface area contributed by atoms with E-state index < -0.39 is 0 Å². The van der Waals surface area contributed by atoms with E-state index in [1.54, 1.807) is 12.4 Å². The molecule has 2 aromatic heterocycles. The zero-order valence-electron chi connectivity index (χ0n) is 11.4. The van der Waals surface area contributed by atoms with E-state index in [0.717, 1.165) is 23.2 Å². The Bertz CT molecular complexity index is 752. The summed E-state index contributed by atoms with van der Waals surface area (Å²) in [6, 6.07) is 14.4. The van der Waals surface area contributed by atoms with Crippen LogP contribution in [0.2, 0.25) is 0 Å². The van der Waals surface area contributed by atoms with Gasteiger partial charge in [-0.15, -0.1) is 0 Å². The molecular weight excluding hydrogens is 262 g/mol. The van der Waals surface area contributed by atoms with Crippen LogP contribution >= 0.6 is 0 Å². The fourth-order valence-electron chi connectivity index (χ4n) is 2.94. The van der Waals surface area contributed by atoms with E-state index in [4.69, 9.17) is 10.3 Å². The van der Waals surface area contributed by atoms with Gasteiger partial charge in [0.15, 0.2) is 0 Å². The second-order valence-corrected chi connectivity index (χ2v) is 5.40. The minimum absolute atomic E-state index is 0.384. The van der Waals surface area contributed by atoms with Gasteiger partial charge in [-0.3, -0.25) is 4.98 Å². The highest BCUT2D eigenvalue weighted by Crippen LogP contribution is 2.56. The molecule has 2 heterocycles. The van der Waals surface area contributed by atoms with Crippen LogP contribution < -0.4 is 5.73 Å². The molecule has 4 heteroatoms. The Morgan fingerprint density at radius 1 is 1.00 bits per heavy atom. The zero-order chi connectivity index (χ0) is 14.2. The molecule has 0 spiro atoms. The number of hydrogen-bond donors (Lipinski definition) is 1. The van der Waals surface area contributed by atoms with Gasteiger partial charge in [-0.2, -0.15) is 0 Å². The number of benzene rings is 1. The van der Waals surface area contributed by atoms with Crippen molar-refractivity contribution in [1.82, 2.24) is 10.1 Å². The lowest BCUT2D eigenvalue weighted by Gasteiger charge is -2.02. The van der Waals surface area contributed by atoms with Crippen LogP contribution in [-0.4, -0.2) is 10.1 Å². The number of nitrogens with zero attached hydrogens (tertiary/aromatic N) is 2. The van der Waals surface area contributed by atoms with Gasteiger partial charge < -0.3 is 10.3 Å². The topological polar surface area (TPSA) is 64.9 Å². The number of aromatic nitrogens is 2. The normalized spacial score (nSPS) is 20.4. The van der Waals surface area contributed by atoms with Crippen molar-refractivity contribution in [3.63, 3.8) is 0 Å².